The highest BCUT2D eigenvalue weighted by Crippen LogP contribution is 2.27. The second-order valence-corrected chi connectivity index (χ2v) is 7.66. The maximum atomic E-state index is 11.8. The lowest BCUT2D eigenvalue weighted by atomic mass is 9.92. The molecule has 0 saturated carbocycles. The molecule has 22 heavy (non-hydrogen) atoms. The van der Waals surface area contributed by atoms with Crippen molar-refractivity contribution in [2.24, 2.45) is 5.41 Å². The molecule has 7 nitrogen and oxygen atoms in total. The summed E-state index contributed by atoms with van der Waals surface area (Å²) in [7, 11) is -3.17. The maximum Gasteiger partial charge on any atom is 0.248 e. The molecule has 2 rings (SSSR count). The number of hydrogen-bond acceptors (Lipinski definition) is 5. The van der Waals surface area contributed by atoms with Crippen molar-refractivity contribution < 1.29 is 18.3 Å². The number of hydrogen-bond donors (Lipinski definition) is 3. The van der Waals surface area contributed by atoms with Gasteiger partial charge in [0.05, 0.1) is 30.5 Å². The molecule has 0 spiro atoms. The summed E-state index contributed by atoms with van der Waals surface area (Å²) in [6.07, 6.45) is 1.72. The third kappa shape index (κ3) is 3.96. The minimum atomic E-state index is -3.17. The molecule has 1 saturated heterocycles. The molecule has 0 radical (unpaired) electrons. The van der Waals surface area contributed by atoms with Crippen LogP contribution >= 0.6 is 0 Å². The van der Waals surface area contributed by atoms with Gasteiger partial charge >= 0.3 is 0 Å². The lowest BCUT2D eigenvalue weighted by molar-refractivity contribution is -0.128. The van der Waals surface area contributed by atoms with Gasteiger partial charge in [-0.3, -0.25) is 15.2 Å². The van der Waals surface area contributed by atoms with Crippen LogP contribution in [0.25, 0.3) is 0 Å². The van der Waals surface area contributed by atoms with Gasteiger partial charge in [0.1, 0.15) is 0 Å². The Balaban J connectivity index is 1.97. The van der Waals surface area contributed by atoms with E-state index in [-0.39, 0.29) is 12.5 Å². The van der Waals surface area contributed by atoms with E-state index in [1.165, 1.54) is 0 Å². The Morgan fingerprint density at radius 3 is 2.50 bits per heavy atom. The summed E-state index contributed by atoms with van der Waals surface area (Å²) in [5, 5.41) is 11.0. The molecule has 1 heterocycles. The van der Waals surface area contributed by atoms with Gasteiger partial charge in [0.25, 0.3) is 0 Å². The van der Waals surface area contributed by atoms with Gasteiger partial charge in [0, 0.05) is 6.54 Å². The molecule has 0 bridgehead atoms. The number of rotatable bonds is 6. The first kappa shape index (κ1) is 16.7. The minimum Gasteiger partial charge on any atom is -0.395 e. The summed E-state index contributed by atoms with van der Waals surface area (Å²) in [5.41, 5.74) is 3.76. The van der Waals surface area contributed by atoms with Crippen molar-refractivity contribution in [1.82, 2.24) is 10.1 Å². The summed E-state index contributed by atoms with van der Waals surface area (Å²) >= 11 is 0. The lowest BCUT2D eigenvalue weighted by Crippen LogP contribution is -2.34. The van der Waals surface area contributed by atoms with Gasteiger partial charge in [-0.2, -0.15) is 0 Å². The quantitative estimate of drug-likeness (QED) is 0.662. The van der Waals surface area contributed by atoms with Crippen LogP contribution in [0.1, 0.15) is 12.5 Å². The first-order chi connectivity index (χ1) is 10.2. The normalized spacial score (nSPS) is 22.0. The van der Waals surface area contributed by atoms with Crippen LogP contribution in [0.4, 0.5) is 5.69 Å². The largest absolute Gasteiger partial charge is 0.395 e. The number of aliphatic hydroxyl groups is 1. The topological polar surface area (TPSA) is 98.7 Å². The SMILES string of the molecule is CC1(CO)CN(c2ccc(CCNS(C)(=O)=O)cc2)NC1=O. The van der Waals surface area contributed by atoms with Crippen molar-refractivity contribution in [2.45, 2.75) is 13.3 Å². The number of anilines is 1. The first-order valence-corrected chi connectivity index (χ1v) is 8.86. The summed E-state index contributed by atoms with van der Waals surface area (Å²) < 4.78 is 24.4. The van der Waals surface area contributed by atoms with Crippen LogP contribution in [-0.4, -0.2) is 45.4 Å². The number of hydrazine groups is 1. The van der Waals surface area contributed by atoms with Gasteiger partial charge in [-0.05, 0) is 31.0 Å². The summed E-state index contributed by atoms with van der Waals surface area (Å²) in [6, 6.07) is 7.50. The van der Waals surface area contributed by atoms with E-state index in [0.717, 1.165) is 17.5 Å². The molecule has 1 aromatic carbocycles. The Morgan fingerprint density at radius 2 is 2.00 bits per heavy atom. The molecule has 1 atom stereocenters. The van der Waals surface area contributed by atoms with E-state index < -0.39 is 15.4 Å². The predicted octanol–water partition coefficient (Wildman–Crippen LogP) is -0.372. The molecule has 8 heteroatoms. The van der Waals surface area contributed by atoms with Gasteiger partial charge in [0.2, 0.25) is 15.9 Å². The average Bonchev–Trinajstić information content (AvgIpc) is 2.75. The Kier molecular flexibility index (Phi) is 4.74. The van der Waals surface area contributed by atoms with Crippen LogP contribution in [0, 0.1) is 5.41 Å². The fraction of sp³-hybridized carbons (Fsp3) is 0.500. The van der Waals surface area contributed by atoms with Gasteiger partial charge in [-0.1, -0.05) is 12.1 Å². The van der Waals surface area contributed by atoms with Crippen LogP contribution in [0.2, 0.25) is 0 Å². The number of nitrogens with one attached hydrogen (secondary N) is 2. The number of amides is 1. The highest BCUT2D eigenvalue weighted by Gasteiger charge is 2.41. The predicted molar refractivity (Wildman–Crippen MR) is 83.7 cm³/mol. The minimum absolute atomic E-state index is 0.198. The fourth-order valence-corrected chi connectivity index (χ4v) is 2.69. The molecule has 1 aromatic rings. The van der Waals surface area contributed by atoms with Gasteiger partial charge in [-0.15, -0.1) is 0 Å². The van der Waals surface area contributed by atoms with Gasteiger partial charge in [0.15, 0.2) is 0 Å². The van der Waals surface area contributed by atoms with Crippen LogP contribution in [0.5, 0.6) is 0 Å². The monoisotopic (exact) mass is 327 g/mol. The zero-order valence-corrected chi connectivity index (χ0v) is 13.5. The maximum absolute atomic E-state index is 11.8. The fourth-order valence-electron chi connectivity index (χ4n) is 2.22. The van der Waals surface area contributed by atoms with E-state index >= 15 is 0 Å². The zero-order valence-electron chi connectivity index (χ0n) is 12.7. The highest BCUT2D eigenvalue weighted by molar-refractivity contribution is 7.88. The number of aliphatic hydroxyl groups excluding tert-OH is 1. The first-order valence-electron chi connectivity index (χ1n) is 6.97. The van der Waals surface area contributed by atoms with E-state index in [0.29, 0.717) is 19.5 Å². The molecule has 3 N–H and O–H groups in total. The number of benzene rings is 1. The van der Waals surface area contributed by atoms with Gasteiger partial charge < -0.3 is 5.11 Å². The van der Waals surface area contributed by atoms with Crippen molar-refractivity contribution in [1.29, 1.82) is 0 Å². The van der Waals surface area contributed by atoms with Gasteiger partial charge in [-0.25, -0.2) is 13.1 Å². The second-order valence-electron chi connectivity index (χ2n) is 5.83. The summed E-state index contributed by atoms with van der Waals surface area (Å²) in [4.78, 5) is 11.8. The van der Waals surface area contributed by atoms with E-state index in [9.17, 15) is 18.3 Å². The third-order valence-electron chi connectivity index (χ3n) is 3.67. The van der Waals surface area contributed by atoms with Crippen molar-refractivity contribution in [3.05, 3.63) is 29.8 Å². The second kappa shape index (κ2) is 6.23. The molecule has 122 valence electrons. The average molecular weight is 327 g/mol. The number of nitrogens with zero attached hydrogens (tertiary/aromatic N) is 1. The van der Waals surface area contributed by atoms with Crippen LogP contribution in [-0.2, 0) is 21.2 Å². The van der Waals surface area contributed by atoms with Crippen molar-refractivity contribution in [2.75, 3.05) is 31.0 Å². The zero-order chi connectivity index (χ0) is 16.4. The Bertz CT molecular complexity index is 645. The number of sulfonamides is 1. The number of carbonyl (C=O) groups is 1. The summed E-state index contributed by atoms with van der Waals surface area (Å²) in [5.74, 6) is -0.198. The van der Waals surface area contributed by atoms with E-state index in [2.05, 4.69) is 10.1 Å². The Morgan fingerprint density at radius 1 is 1.36 bits per heavy atom. The number of carbonyl (C=O) groups excluding carboxylic acids is 1. The van der Waals surface area contributed by atoms with Crippen LogP contribution in [0.15, 0.2) is 24.3 Å². The third-order valence-corrected chi connectivity index (χ3v) is 4.40. The molecule has 0 aliphatic carbocycles. The molecule has 1 amide bonds. The Labute approximate surface area is 130 Å². The smallest absolute Gasteiger partial charge is 0.248 e. The van der Waals surface area contributed by atoms with Crippen molar-refractivity contribution in [3.8, 4) is 0 Å². The van der Waals surface area contributed by atoms with E-state index in [1.807, 2.05) is 24.3 Å². The molecule has 1 fully saturated rings. The molecule has 0 aromatic heterocycles. The molecular formula is C14H21N3O4S. The van der Waals surface area contributed by atoms with Crippen molar-refractivity contribution >= 4 is 21.6 Å². The summed E-state index contributed by atoms with van der Waals surface area (Å²) in [6.45, 7) is 2.26. The molecule has 1 unspecified atom stereocenters. The lowest BCUT2D eigenvalue weighted by Gasteiger charge is -2.20. The van der Waals surface area contributed by atoms with Crippen LogP contribution < -0.4 is 15.2 Å². The molecule has 1 aliphatic rings. The van der Waals surface area contributed by atoms with E-state index in [1.54, 1.807) is 11.9 Å². The standard InChI is InChI=1S/C14H21N3O4S/c1-14(10-18)9-17(16-13(14)19)12-5-3-11(4-6-12)7-8-15-22(2,20)21/h3-6,15,18H,7-10H2,1-2H3,(H,16,19). The molecular weight excluding hydrogens is 306 g/mol. The molecule has 1 aliphatic heterocycles. The van der Waals surface area contributed by atoms with Crippen LogP contribution in [0.3, 0.4) is 0 Å². The van der Waals surface area contributed by atoms with Crippen molar-refractivity contribution in [3.63, 3.8) is 0 Å². The Hall–Kier alpha value is -1.64. The van der Waals surface area contributed by atoms with E-state index in [4.69, 9.17) is 0 Å². The highest BCUT2D eigenvalue weighted by atomic mass is 32.2.